The molecule has 0 saturated heterocycles. The second-order valence-corrected chi connectivity index (χ2v) is 5.68. The van der Waals surface area contributed by atoms with Gasteiger partial charge in [-0.3, -0.25) is 4.79 Å². The van der Waals surface area contributed by atoms with Gasteiger partial charge in [-0.2, -0.15) is 0 Å². The number of alkyl halides is 3. The molecule has 0 aliphatic heterocycles. The fraction of sp³-hybridized carbons (Fsp3) is 0.364. The molecule has 0 aliphatic carbocycles. The maximum atomic E-state index is 12.1. The minimum Gasteiger partial charge on any atom is -0.481 e. The van der Waals surface area contributed by atoms with Crippen LogP contribution >= 0.6 is 0 Å². The van der Waals surface area contributed by atoms with E-state index in [-0.39, 0.29) is 19.4 Å². The lowest BCUT2D eigenvalue weighted by Gasteiger charge is -2.10. The summed E-state index contributed by atoms with van der Waals surface area (Å²) in [4.78, 5) is 9.87. The number of rotatable bonds is 7. The van der Waals surface area contributed by atoms with Gasteiger partial charge < -0.3 is 9.84 Å². The van der Waals surface area contributed by atoms with E-state index in [0.717, 1.165) is 24.3 Å². The summed E-state index contributed by atoms with van der Waals surface area (Å²) in [6, 6.07) is 3.90. The average molecular weight is 327 g/mol. The quantitative estimate of drug-likeness (QED) is 0.744. The van der Waals surface area contributed by atoms with Crippen molar-refractivity contribution in [1.82, 2.24) is 4.72 Å². The number of nitrogens with one attached hydrogen (secondary N) is 1. The predicted molar refractivity (Wildman–Crippen MR) is 65.2 cm³/mol. The van der Waals surface area contributed by atoms with E-state index in [2.05, 4.69) is 9.46 Å². The molecular formula is C11H12F3NO5S. The molecule has 0 fully saturated rings. The van der Waals surface area contributed by atoms with Gasteiger partial charge in [0, 0.05) is 19.0 Å². The molecule has 6 nitrogen and oxygen atoms in total. The van der Waals surface area contributed by atoms with Gasteiger partial charge in [-0.15, -0.1) is 13.2 Å². The Morgan fingerprint density at radius 1 is 1.33 bits per heavy atom. The van der Waals surface area contributed by atoms with E-state index >= 15 is 0 Å². The van der Waals surface area contributed by atoms with Crippen molar-refractivity contribution in [3.8, 4) is 5.75 Å². The normalized spacial score (nSPS) is 12.1. The molecule has 0 saturated carbocycles. The summed E-state index contributed by atoms with van der Waals surface area (Å²) in [6.45, 7) is -0.140. The molecule has 1 aromatic carbocycles. The highest BCUT2D eigenvalue weighted by Gasteiger charge is 2.31. The summed E-state index contributed by atoms with van der Waals surface area (Å²) in [5, 5.41) is 8.40. The van der Waals surface area contributed by atoms with Gasteiger partial charge in [-0.1, -0.05) is 6.07 Å². The molecule has 0 aliphatic rings. The van der Waals surface area contributed by atoms with Gasteiger partial charge in [-0.05, 0) is 18.6 Å². The van der Waals surface area contributed by atoms with E-state index in [4.69, 9.17) is 5.11 Å². The van der Waals surface area contributed by atoms with Crippen LogP contribution in [-0.2, 0) is 14.8 Å². The second-order valence-electron chi connectivity index (χ2n) is 3.92. The number of sulfonamides is 1. The number of carbonyl (C=O) groups is 1. The molecule has 0 spiro atoms. The van der Waals surface area contributed by atoms with Crippen LogP contribution in [0.2, 0.25) is 0 Å². The van der Waals surface area contributed by atoms with Gasteiger partial charge in [0.2, 0.25) is 10.0 Å². The molecule has 2 N–H and O–H groups in total. The summed E-state index contributed by atoms with van der Waals surface area (Å²) in [7, 11) is -4.03. The Hall–Kier alpha value is -1.81. The Morgan fingerprint density at radius 3 is 2.57 bits per heavy atom. The van der Waals surface area contributed by atoms with Crippen LogP contribution in [-0.4, -0.2) is 32.4 Å². The largest absolute Gasteiger partial charge is 0.573 e. The monoisotopic (exact) mass is 327 g/mol. The Morgan fingerprint density at radius 2 is 2.00 bits per heavy atom. The number of hydrogen-bond acceptors (Lipinski definition) is 4. The SMILES string of the molecule is O=C(O)CCCNS(=O)(=O)c1cccc(OC(F)(F)F)c1. The molecule has 118 valence electrons. The van der Waals surface area contributed by atoms with E-state index < -0.39 is 33.0 Å². The number of benzene rings is 1. The molecule has 0 radical (unpaired) electrons. The van der Waals surface area contributed by atoms with E-state index in [0.29, 0.717) is 0 Å². The van der Waals surface area contributed by atoms with Crippen molar-refractivity contribution in [3.63, 3.8) is 0 Å². The van der Waals surface area contributed by atoms with Crippen molar-refractivity contribution in [2.75, 3.05) is 6.54 Å². The molecule has 0 amide bonds. The van der Waals surface area contributed by atoms with E-state index in [9.17, 15) is 26.4 Å². The lowest BCUT2D eigenvalue weighted by molar-refractivity contribution is -0.274. The topological polar surface area (TPSA) is 92.7 Å². The van der Waals surface area contributed by atoms with Crippen molar-refractivity contribution in [2.24, 2.45) is 0 Å². The Kier molecular flexibility index (Phi) is 5.55. The average Bonchev–Trinajstić information content (AvgIpc) is 2.33. The van der Waals surface area contributed by atoms with Gasteiger partial charge in [-0.25, -0.2) is 13.1 Å². The minimum atomic E-state index is -4.92. The number of halogens is 3. The maximum Gasteiger partial charge on any atom is 0.573 e. The van der Waals surface area contributed by atoms with Crippen molar-refractivity contribution in [2.45, 2.75) is 24.1 Å². The lowest BCUT2D eigenvalue weighted by atomic mass is 10.3. The summed E-state index contributed by atoms with van der Waals surface area (Å²) in [5.41, 5.74) is 0. The fourth-order valence-corrected chi connectivity index (χ4v) is 2.48. The van der Waals surface area contributed by atoms with Gasteiger partial charge >= 0.3 is 12.3 Å². The molecule has 0 aromatic heterocycles. The molecular weight excluding hydrogens is 315 g/mol. The summed E-state index contributed by atoms with van der Waals surface area (Å²) in [6.07, 6.45) is -5.08. The van der Waals surface area contributed by atoms with Gasteiger partial charge in [0.15, 0.2) is 0 Å². The zero-order valence-corrected chi connectivity index (χ0v) is 11.4. The van der Waals surface area contributed by atoms with Crippen LogP contribution < -0.4 is 9.46 Å². The Bertz CT molecular complexity index is 600. The van der Waals surface area contributed by atoms with Crippen LogP contribution in [0.4, 0.5) is 13.2 Å². The fourth-order valence-electron chi connectivity index (χ4n) is 1.37. The maximum absolute atomic E-state index is 12.1. The summed E-state index contributed by atoms with van der Waals surface area (Å²) in [5.74, 6) is -1.73. The van der Waals surface area contributed by atoms with Crippen LogP contribution in [0, 0.1) is 0 Å². The molecule has 0 atom stereocenters. The second kappa shape index (κ2) is 6.76. The van der Waals surface area contributed by atoms with Crippen LogP contribution in [0.5, 0.6) is 5.75 Å². The van der Waals surface area contributed by atoms with Gasteiger partial charge in [0.25, 0.3) is 0 Å². The highest BCUT2D eigenvalue weighted by molar-refractivity contribution is 7.89. The van der Waals surface area contributed by atoms with Gasteiger partial charge in [0.1, 0.15) is 5.75 Å². The summed E-state index contributed by atoms with van der Waals surface area (Å²) < 4.78 is 65.5. The number of hydrogen-bond donors (Lipinski definition) is 2. The molecule has 0 bridgehead atoms. The zero-order valence-electron chi connectivity index (χ0n) is 10.6. The predicted octanol–water partition coefficient (Wildman–Crippen LogP) is 1.73. The van der Waals surface area contributed by atoms with Crippen LogP contribution in [0.3, 0.4) is 0 Å². The van der Waals surface area contributed by atoms with E-state index in [1.54, 1.807) is 0 Å². The van der Waals surface area contributed by atoms with Crippen LogP contribution in [0.1, 0.15) is 12.8 Å². The van der Waals surface area contributed by atoms with Gasteiger partial charge in [0.05, 0.1) is 4.90 Å². The molecule has 10 heteroatoms. The van der Waals surface area contributed by atoms with Crippen LogP contribution in [0.25, 0.3) is 0 Å². The van der Waals surface area contributed by atoms with Crippen LogP contribution in [0.15, 0.2) is 29.2 Å². The van der Waals surface area contributed by atoms with E-state index in [1.807, 2.05) is 0 Å². The van der Waals surface area contributed by atoms with Crippen molar-refractivity contribution in [3.05, 3.63) is 24.3 Å². The smallest absolute Gasteiger partial charge is 0.481 e. The third-order valence-corrected chi connectivity index (χ3v) is 3.67. The standard InChI is InChI=1S/C11H12F3NO5S/c12-11(13,14)20-8-3-1-4-9(7-8)21(18,19)15-6-2-5-10(16)17/h1,3-4,7,15H,2,5-6H2,(H,16,17). The van der Waals surface area contributed by atoms with Crippen molar-refractivity contribution in [1.29, 1.82) is 0 Å². The highest BCUT2D eigenvalue weighted by Crippen LogP contribution is 2.24. The minimum absolute atomic E-state index is 0.0628. The van der Waals surface area contributed by atoms with Crippen molar-refractivity contribution >= 4 is 16.0 Å². The zero-order chi connectivity index (χ0) is 16.1. The third kappa shape index (κ3) is 6.45. The molecule has 0 heterocycles. The first-order valence-electron chi connectivity index (χ1n) is 5.67. The first-order valence-corrected chi connectivity index (χ1v) is 7.16. The number of aliphatic carboxylic acids is 1. The first kappa shape index (κ1) is 17.2. The highest BCUT2D eigenvalue weighted by atomic mass is 32.2. The number of ether oxygens (including phenoxy) is 1. The van der Waals surface area contributed by atoms with E-state index in [1.165, 1.54) is 0 Å². The van der Waals surface area contributed by atoms with Crippen molar-refractivity contribution < 1.29 is 36.2 Å². The third-order valence-electron chi connectivity index (χ3n) is 2.21. The summed E-state index contributed by atoms with van der Waals surface area (Å²) >= 11 is 0. The molecule has 1 rings (SSSR count). The Labute approximate surface area is 118 Å². The molecule has 1 aromatic rings. The lowest BCUT2D eigenvalue weighted by Crippen LogP contribution is -2.25. The number of carboxylic acids is 1. The Balaban J connectivity index is 2.74. The molecule has 0 unspecified atom stereocenters. The molecule has 21 heavy (non-hydrogen) atoms. The number of carboxylic acid groups (broad SMARTS) is 1. The first-order chi connectivity index (χ1) is 9.60.